The van der Waals surface area contributed by atoms with E-state index in [-0.39, 0.29) is 12.1 Å². The van der Waals surface area contributed by atoms with Crippen LogP contribution in [-0.4, -0.2) is 9.55 Å². The molecule has 0 radical (unpaired) electrons. The smallest absolute Gasteiger partial charge is 0.254 e. The van der Waals surface area contributed by atoms with Crippen LogP contribution in [0.3, 0.4) is 0 Å². The number of halogens is 2. The molecule has 0 saturated heterocycles. The fourth-order valence-electron chi connectivity index (χ4n) is 1.80. The van der Waals surface area contributed by atoms with Gasteiger partial charge in [0.2, 0.25) is 0 Å². The summed E-state index contributed by atoms with van der Waals surface area (Å²) in [6.45, 7) is 3.54. The highest BCUT2D eigenvalue weighted by atomic mass is 35.5. The highest BCUT2D eigenvalue weighted by Gasteiger charge is 2.10. The van der Waals surface area contributed by atoms with Crippen molar-refractivity contribution >= 4 is 11.6 Å². The van der Waals surface area contributed by atoms with E-state index in [4.69, 9.17) is 11.6 Å². The molecule has 1 heterocycles. The van der Waals surface area contributed by atoms with Gasteiger partial charge in [0.15, 0.2) is 0 Å². The van der Waals surface area contributed by atoms with Gasteiger partial charge in [0.25, 0.3) is 5.56 Å². The molecule has 5 heteroatoms. The van der Waals surface area contributed by atoms with Gasteiger partial charge in [-0.3, -0.25) is 9.36 Å². The first-order valence-corrected chi connectivity index (χ1v) is 5.85. The maximum absolute atomic E-state index is 13.7. The molecule has 0 atom stereocenters. The molecule has 0 spiro atoms. The van der Waals surface area contributed by atoms with Crippen LogP contribution in [0.25, 0.3) is 0 Å². The maximum Gasteiger partial charge on any atom is 0.254 e. The Morgan fingerprint density at radius 3 is 2.72 bits per heavy atom. The van der Waals surface area contributed by atoms with Crippen LogP contribution in [-0.2, 0) is 6.54 Å². The summed E-state index contributed by atoms with van der Waals surface area (Å²) in [5.41, 5.74) is 0.739. The lowest BCUT2D eigenvalue weighted by Gasteiger charge is -2.11. The van der Waals surface area contributed by atoms with Crippen molar-refractivity contribution in [1.82, 2.24) is 9.55 Å². The van der Waals surface area contributed by atoms with Gasteiger partial charge in [0.1, 0.15) is 11.6 Å². The molecule has 0 bridgehead atoms. The lowest BCUT2D eigenvalue weighted by Crippen LogP contribution is -2.24. The van der Waals surface area contributed by atoms with Crippen LogP contribution in [0.2, 0.25) is 5.02 Å². The Balaban J connectivity index is 2.50. The molecule has 0 fully saturated rings. The second-order valence-electron chi connectivity index (χ2n) is 4.07. The van der Waals surface area contributed by atoms with Gasteiger partial charge in [0, 0.05) is 22.3 Å². The lowest BCUT2D eigenvalue weighted by molar-refractivity contribution is 0.589. The summed E-state index contributed by atoms with van der Waals surface area (Å²) < 4.78 is 15.1. The Bertz CT molecular complexity index is 632. The van der Waals surface area contributed by atoms with E-state index in [9.17, 15) is 9.18 Å². The van der Waals surface area contributed by atoms with E-state index in [0.29, 0.717) is 22.1 Å². The van der Waals surface area contributed by atoms with Crippen LogP contribution in [0.15, 0.2) is 29.1 Å². The third-order valence-electron chi connectivity index (χ3n) is 2.71. The van der Waals surface area contributed by atoms with Crippen LogP contribution in [0.1, 0.15) is 17.1 Å². The molecule has 0 amide bonds. The van der Waals surface area contributed by atoms with E-state index in [1.807, 2.05) is 0 Å². The van der Waals surface area contributed by atoms with Crippen molar-refractivity contribution in [3.63, 3.8) is 0 Å². The second kappa shape index (κ2) is 4.90. The zero-order valence-corrected chi connectivity index (χ0v) is 10.8. The van der Waals surface area contributed by atoms with Crippen molar-refractivity contribution in [3.8, 4) is 0 Å². The maximum atomic E-state index is 13.7. The van der Waals surface area contributed by atoms with Gasteiger partial charge in [0.05, 0.1) is 6.54 Å². The van der Waals surface area contributed by atoms with Crippen molar-refractivity contribution in [2.45, 2.75) is 20.4 Å². The van der Waals surface area contributed by atoms with Crippen molar-refractivity contribution in [1.29, 1.82) is 0 Å². The van der Waals surface area contributed by atoms with Gasteiger partial charge < -0.3 is 0 Å². The van der Waals surface area contributed by atoms with Crippen molar-refractivity contribution in [2.75, 3.05) is 0 Å². The Morgan fingerprint density at radius 2 is 2.11 bits per heavy atom. The van der Waals surface area contributed by atoms with Gasteiger partial charge in [-0.25, -0.2) is 9.37 Å². The lowest BCUT2D eigenvalue weighted by atomic mass is 10.2. The predicted molar refractivity (Wildman–Crippen MR) is 68.5 cm³/mol. The van der Waals surface area contributed by atoms with E-state index in [1.165, 1.54) is 22.8 Å². The van der Waals surface area contributed by atoms with E-state index in [1.54, 1.807) is 19.9 Å². The molecule has 94 valence electrons. The SMILES string of the molecule is Cc1cc(=O)n(Cc2c(F)cccc2Cl)c(C)n1. The Morgan fingerprint density at radius 1 is 1.39 bits per heavy atom. The molecule has 2 rings (SSSR count). The van der Waals surface area contributed by atoms with Crippen LogP contribution < -0.4 is 5.56 Å². The molecule has 1 aromatic carbocycles. The normalized spacial score (nSPS) is 10.7. The molecule has 0 aliphatic rings. The van der Waals surface area contributed by atoms with Crippen LogP contribution >= 0.6 is 11.6 Å². The highest BCUT2D eigenvalue weighted by molar-refractivity contribution is 6.31. The molecule has 1 aromatic heterocycles. The molecular weight excluding hydrogens is 255 g/mol. The molecule has 18 heavy (non-hydrogen) atoms. The third-order valence-corrected chi connectivity index (χ3v) is 3.06. The quantitative estimate of drug-likeness (QED) is 0.838. The number of aryl methyl sites for hydroxylation is 2. The number of hydrogen-bond donors (Lipinski definition) is 0. The van der Waals surface area contributed by atoms with Gasteiger partial charge in [-0.2, -0.15) is 0 Å². The zero-order chi connectivity index (χ0) is 13.3. The number of hydrogen-bond acceptors (Lipinski definition) is 2. The van der Waals surface area contributed by atoms with Gasteiger partial charge in [-0.05, 0) is 26.0 Å². The average molecular weight is 267 g/mol. The molecule has 0 unspecified atom stereocenters. The van der Waals surface area contributed by atoms with E-state index in [2.05, 4.69) is 4.98 Å². The van der Waals surface area contributed by atoms with Crippen LogP contribution in [0.4, 0.5) is 4.39 Å². The molecule has 0 saturated carbocycles. The largest absolute Gasteiger partial charge is 0.292 e. The van der Waals surface area contributed by atoms with Crippen LogP contribution in [0, 0.1) is 19.7 Å². The summed E-state index contributed by atoms with van der Waals surface area (Å²) in [4.78, 5) is 16.0. The van der Waals surface area contributed by atoms with Gasteiger partial charge in [-0.1, -0.05) is 17.7 Å². The molecule has 3 nitrogen and oxygen atoms in total. The highest BCUT2D eigenvalue weighted by Crippen LogP contribution is 2.19. The Kier molecular flexibility index (Phi) is 3.48. The third kappa shape index (κ3) is 2.43. The number of nitrogens with zero attached hydrogens (tertiary/aromatic N) is 2. The van der Waals surface area contributed by atoms with E-state index >= 15 is 0 Å². The van der Waals surface area contributed by atoms with Crippen molar-refractivity contribution in [2.24, 2.45) is 0 Å². The van der Waals surface area contributed by atoms with E-state index in [0.717, 1.165) is 0 Å². The minimum Gasteiger partial charge on any atom is -0.292 e. The number of benzene rings is 1. The van der Waals surface area contributed by atoms with Gasteiger partial charge in [-0.15, -0.1) is 0 Å². The molecule has 0 aliphatic carbocycles. The molecule has 2 aromatic rings. The summed E-state index contributed by atoms with van der Waals surface area (Å²) >= 11 is 5.94. The summed E-state index contributed by atoms with van der Waals surface area (Å²) in [6.07, 6.45) is 0. The van der Waals surface area contributed by atoms with Crippen molar-refractivity contribution in [3.05, 3.63) is 62.5 Å². The minimum atomic E-state index is -0.422. The molecule has 0 N–H and O–H groups in total. The fraction of sp³-hybridized carbons (Fsp3) is 0.231. The topological polar surface area (TPSA) is 34.9 Å². The summed E-state index contributed by atoms with van der Waals surface area (Å²) in [5, 5.41) is 0.307. The van der Waals surface area contributed by atoms with Crippen molar-refractivity contribution < 1.29 is 4.39 Å². The summed E-state index contributed by atoms with van der Waals surface area (Å²) in [7, 11) is 0. The summed E-state index contributed by atoms with van der Waals surface area (Å²) in [6, 6.07) is 5.87. The monoisotopic (exact) mass is 266 g/mol. The Hall–Kier alpha value is -1.68. The second-order valence-corrected chi connectivity index (χ2v) is 4.48. The van der Waals surface area contributed by atoms with Gasteiger partial charge >= 0.3 is 0 Å². The molecule has 0 aliphatic heterocycles. The minimum absolute atomic E-state index is 0.0868. The average Bonchev–Trinajstić information content (AvgIpc) is 2.26. The zero-order valence-electron chi connectivity index (χ0n) is 10.1. The Labute approximate surface area is 109 Å². The summed E-state index contributed by atoms with van der Waals surface area (Å²) in [5.74, 6) is 0.119. The number of aromatic nitrogens is 2. The first-order valence-electron chi connectivity index (χ1n) is 5.47. The molecular formula is C13H12ClFN2O. The first-order chi connectivity index (χ1) is 8.49. The standard InChI is InChI=1S/C13H12ClFN2O/c1-8-6-13(18)17(9(2)16-8)7-10-11(14)4-3-5-12(10)15/h3-6H,7H2,1-2H3. The first kappa shape index (κ1) is 12.8. The van der Waals surface area contributed by atoms with E-state index < -0.39 is 5.82 Å². The van der Waals surface area contributed by atoms with Crippen LogP contribution in [0.5, 0.6) is 0 Å². The fourth-order valence-corrected chi connectivity index (χ4v) is 2.02. The predicted octanol–water partition coefficient (Wildman–Crippen LogP) is 2.70. The number of rotatable bonds is 2.